The standard InChI is InChI=1S/C10H14N2O.C2H6.CH5N/c1-10(2,9(11)12-13)8-6-4-3-5-7-8;2*1-2/h3-7,13H,1-2H3,(H2,11,12);1-2H3;2H2,1H3. The third kappa shape index (κ3) is 5.36. The third-order valence-electron chi connectivity index (χ3n) is 2.24. The molecule has 5 N–H and O–H groups in total. The van der Waals surface area contributed by atoms with E-state index in [1.165, 1.54) is 7.05 Å². The number of hydrogen-bond donors (Lipinski definition) is 3. The number of rotatable bonds is 2. The van der Waals surface area contributed by atoms with E-state index in [9.17, 15) is 0 Å². The normalized spacial score (nSPS) is 10.6. The molecule has 0 fully saturated rings. The summed E-state index contributed by atoms with van der Waals surface area (Å²) in [6.07, 6.45) is 0. The average molecular weight is 239 g/mol. The van der Waals surface area contributed by atoms with Gasteiger partial charge in [-0.1, -0.05) is 49.3 Å². The van der Waals surface area contributed by atoms with Crippen LogP contribution in [0.1, 0.15) is 33.3 Å². The summed E-state index contributed by atoms with van der Waals surface area (Å²) in [5, 5.41) is 11.6. The highest BCUT2D eigenvalue weighted by atomic mass is 16.4. The zero-order valence-corrected chi connectivity index (χ0v) is 11.4. The van der Waals surface area contributed by atoms with E-state index in [0.29, 0.717) is 0 Å². The van der Waals surface area contributed by atoms with Crippen LogP contribution in [0.25, 0.3) is 0 Å². The summed E-state index contributed by atoms with van der Waals surface area (Å²) < 4.78 is 0. The van der Waals surface area contributed by atoms with Crippen molar-refractivity contribution < 1.29 is 5.21 Å². The van der Waals surface area contributed by atoms with Gasteiger partial charge in [0.15, 0.2) is 0 Å². The highest BCUT2D eigenvalue weighted by Crippen LogP contribution is 2.22. The molecule has 0 saturated heterocycles. The topological polar surface area (TPSA) is 84.6 Å². The van der Waals surface area contributed by atoms with E-state index in [0.717, 1.165) is 5.56 Å². The Kier molecular flexibility index (Phi) is 10.1. The fourth-order valence-corrected chi connectivity index (χ4v) is 1.13. The van der Waals surface area contributed by atoms with Crippen LogP contribution in [-0.4, -0.2) is 18.1 Å². The molecule has 0 aliphatic carbocycles. The van der Waals surface area contributed by atoms with Crippen LogP contribution in [0.2, 0.25) is 0 Å². The molecular weight excluding hydrogens is 214 g/mol. The Balaban J connectivity index is 0. The molecule has 0 spiro atoms. The van der Waals surface area contributed by atoms with Gasteiger partial charge in [-0.15, -0.1) is 0 Å². The number of amidine groups is 1. The van der Waals surface area contributed by atoms with E-state index in [4.69, 9.17) is 10.9 Å². The van der Waals surface area contributed by atoms with E-state index in [1.54, 1.807) is 0 Å². The third-order valence-corrected chi connectivity index (χ3v) is 2.24. The molecular formula is C13H25N3O. The Hall–Kier alpha value is -1.55. The SMILES string of the molecule is CC.CC(C)(/C(N)=N\O)c1ccccc1.CN. The molecule has 0 saturated carbocycles. The van der Waals surface area contributed by atoms with Crippen molar-refractivity contribution in [2.75, 3.05) is 7.05 Å². The predicted molar refractivity (Wildman–Crippen MR) is 74.3 cm³/mol. The van der Waals surface area contributed by atoms with Crippen molar-refractivity contribution in [2.24, 2.45) is 16.6 Å². The lowest BCUT2D eigenvalue weighted by atomic mass is 9.84. The molecule has 98 valence electrons. The molecule has 1 aromatic carbocycles. The molecule has 0 bridgehead atoms. The van der Waals surface area contributed by atoms with E-state index >= 15 is 0 Å². The second-order valence-corrected chi connectivity index (χ2v) is 3.48. The van der Waals surface area contributed by atoms with Crippen LogP contribution in [0.5, 0.6) is 0 Å². The maximum Gasteiger partial charge on any atom is 0.149 e. The number of nitrogens with two attached hydrogens (primary N) is 2. The number of benzene rings is 1. The molecule has 4 heteroatoms. The molecule has 0 atom stereocenters. The molecule has 1 aromatic rings. The zero-order chi connectivity index (χ0) is 13.9. The summed E-state index contributed by atoms with van der Waals surface area (Å²) in [6, 6.07) is 9.71. The van der Waals surface area contributed by atoms with Gasteiger partial charge < -0.3 is 16.7 Å². The van der Waals surface area contributed by atoms with E-state index in [1.807, 2.05) is 58.0 Å². The monoisotopic (exact) mass is 239 g/mol. The van der Waals surface area contributed by atoms with Gasteiger partial charge in [0.05, 0.1) is 5.41 Å². The minimum atomic E-state index is -0.421. The molecule has 1 rings (SSSR count). The first-order chi connectivity index (χ1) is 8.09. The van der Waals surface area contributed by atoms with Crippen LogP contribution in [0.3, 0.4) is 0 Å². The fraction of sp³-hybridized carbons (Fsp3) is 0.462. The summed E-state index contributed by atoms with van der Waals surface area (Å²) >= 11 is 0. The maximum atomic E-state index is 8.59. The van der Waals surface area contributed by atoms with E-state index < -0.39 is 5.41 Å². The quantitative estimate of drug-likeness (QED) is 0.320. The maximum absolute atomic E-state index is 8.59. The lowest BCUT2D eigenvalue weighted by Gasteiger charge is -2.23. The first kappa shape index (κ1) is 17.8. The van der Waals surface area contributed by atoms with Crippen LogP contribution in [0, 0.1) is 0 Å². The fourth-order valence-electron chi connectivity index (χ4n) is 1.13. The minimum Gasteiger partial charge on any atom is -0.409 e. The summed E-state index contributed by atoms with van der Waals surface area (Å²) in [5.74, 6) is 0.221. The predicted octanol–water partition coefficient (Wildman–Crippen LogP) is 2.31. The number of nitrogens with zero attached hydrogens (tertiary/aromatic N) is 1. The minimum absolute atomic E-state index is 0.221. The van der Waals surface area contributed by atoms with Crippen molar-refractivity contribution in [3.63, 3.8) is 0 Å². The van der Waals surface area contributed by atoms with Crippen LogP contribution < -0.4 is 11.5 Å². The Labute approximate surface area is 104 Å². The average Bonchev–Trinajstić information content (AvgIpc) is 2.43. The molecule has 0 aromatic heterocycles. The summed E-state index contributed by atoms with van der Waals surface area (Å²) in [4.78, 5) is 0. The molecule has 4 nitrogen and oxygen atoms in total. The Morgan fingerprint density at radius 3 is 1.88 bits per heavy atom. The highest BCUT2D eigenvalue weighted by molar-refractivity contribution is 5.90. The van der Waals surface area contributed by atoms with Crippen molar-refractivity contribution >= 4 is 5.84 Å². The number of hydrogen-bond acceptors (Lipinski definition) is 3. The van der Waals surface area contributed by atoms with Crippen LogP contribution in [0.15, 0.2) is 35.5 Å². The largest absolute Gasteiger partial charge is 0.409 e. The van der Waals surface area contributed by atoms with Gasteiger partial charge in [-0.3, -0.25) is 0 Å². The van der Waals surface area contributed by atoms with Crippen molar-refractivity contribution in [2.45, 2.75) is 33.1 Å². The first-order valence-electron chi connectivity index (χ1n) is 5.70. The summed E-state index contributed by atoms with van der Waals surface area (Å²) in [6.45, 7) is 7.83. The number of oxime groups is 1. The van der Waals surface area contributed by atoms with Crippen molar-refractivity contribution in [1.82, 2.24) is 0 Å². The Bertz CT molecular complexity index is 308. The van der Waals surface area contributed by atoms with Crippen molar-refractivity contribution in [3.05, 3.63) is 35.9 Å². The zero-order valence-electron chi connectivity index (χ0n) is 11.4. The van der Waals surface area contributed by atoms with Gasteiger partial charge in [0, 0.05) is 0 Å². The molecule has 0 heterocycles. The van der Waals surface area contributed by atoms with E-state index in [2.05, 4.69) is 10.9 Å². The van der Waals surface area contributed by atoms with Gasteiger partial charge in [0.1, 0.15) is 5.84 Å². The van der Waals surface area contributed by atoms with Crippen LogP contribution in [0.4, 0.5) is 0 Å². The molecule has 17 heavy (non-hydrogen) atoms. The highest BCUT2D eigenvalue weighted by Gasteiger charge is 2.25. The first-order valence-corrected chi connectivity index (χ1v) is 5.70. The Morgan fingerprint density at radius 2 is 1.53 bits per heavy atom. The van der Waals surface area contributed by atoms with Gasteiger partial charge in [-0.2, -0.15) is 0 Å². The van der Waals surface area contributed by atoms with Crippen LogP contribution >= 0.6 is 0 Å². The molecule has 0 unspecified atom stereocenters. The molecule has 0 aliphatic rings. The smallest absolute Gasteiger partial charge is 0.149 e. The van der Waals surface area contributed by atoms with Crippen LogP contribution in [-0.2, 0) is 5.41 Å². The second kappa shape index (κ2) is 9.66. The van der Waals surface area contributed by atoms with Crippen molar-refractivity contribution in [1.29, 1.82) is 0 Å². The van der Waals surface area contributed by atoms with Gasteiger partial charge in [0.2, 0.25) is 0 Å². The van der Waals surface area contributed by atoms with Gasteiger partial charge in [0.25, 0.3) is 0 Å². The lowest BCUT2D eigenvalue weighted by Crippen LogP contribution is -2.35. The summed E-state index contributed by atoms with van der Waals surface area (Å²) in [7, 11) is 1.50. The van der Waals surface area contributed by atoms with E-state index in [-0.39, 0.29) is 5.84 Å². The van der Waals surface area contributed by atoms with Crippen molar-refractivity contribution in [3.8, 4) is 0 Å². The van der Waals surface area contributed by atoms with Gasteiger partial charge in [-0.05, 0) is 26.5 Å². The lowest BCUT2D eigenvalue weighted by molar-refractivity contribution is 0.313. The van der Waals surface area contributed by atoms with Gasteiger partial charge >= 0.3 is 0 Å². The Morgan fingerprint density at radius 1 is 1.12 bits per heavy atom. The summed E-state index contributed by atoms with van der Waals surface area (Å²) in [5.41, 5.74) is 10.7. The molecule has 0 amide bonds. The molecule has 0 radical (unpaired) electrons. The second-order valence-electron chi connectivity index (χ2n) is 3.48. The molecule has 0 aliphatic heterocycles. The van der Waals surface area contributed by atoms with Gasteiger partial charge in [-0.25, -0.2) is 0 Å².